The number of nitrogens with one attached hydrogen (secondary N) is 1. The number of aromatic nitrogens is 1. The van der Waals surface area contributed by atoms with Gasteiger partial charge in [0, 0.05) is 39.4 Å². The van der Waals surface area contributed by atoms with E-state index in [4.69, 9.17) is 5.73 Å². The zero-order valence-electron chi connectivity index (χ0n) is 12.2. The van der Waals surface area contributed by atoms with Crippen molar-refractivity contribution < 1.29 is 4.79 Å². The number of pyridine rings is 1. The van der Waals surface area contributed by atoms with Gasteiger partial charge in [0.1, 0.15) is 0 Å². The van der Waals surface area contributed by atoms with Crippen molar-refractivity contribution in [2.45, 2.75) is 18.9 Å². The molecule has 1 fully saturated rings. The van der Waals surface area contributed by atoms with Gasteiger partial charge in [0.05, 0.1) is 24.1 Å². The third-order valence-electron chi connectivity index (χ3n) is 3.55. The average Bonchev–Trinajstić information content (AvgIpc) is 2.41. The molecule has 0 atom stereocenters. The van der Waals surface area contributed by atoms with E-state index in [0.717, 1.165) is 37.3 Å². The molecule has 1 aliphatic heterocycles. The van der Waals surface area contributed by atoms with Gasteiger partial charge in [0.25, 0.3) is 0 Å². The van der Waals surface area contributed by atoms with Gasteiger partial charge in [-0.1, -0.05) is 0 Å². The SMILES string of the molecule is CN(C)c1ccncc1NC(=O)CN1CCC(N)CC1. The molecule has 0 saturated carbocycles. The predicted molar refractivity (Wildman–Crippen MR) is 80.8 cm³/mol. The lowest BCUT2D eigenvalue weighted by Gasteiger charge is -2.29. The van der Waals surface area contributed by atoms with Gasteiger partial charge in [-0.25, -0.2) is 0 Å². The summed E-state index contributed by atoms with van der Waals surface area (Å²) in [5.74, 6) is -0.00317. The zero-order valence-corrected chi connectivity index (χ0v) is 12.2. The molecule has 6 nitrogen and oxygen atoms in total. The first-order chi connectivity index (χ1) is 9.56. The van der Waals surface area contributed by atoms with E-state index >= 15 is 0 Å². The summed E-state index contributed by atoms with van der Waals surface area (Å²) in [4.78, 5) is 20.3. The molecule has 2 heterocycles. The molecule has 6 heteroatoms. The molecule has 1 aromatic rings. The van der Waals surface area contributed by atoms with E-state index in [1.807, 2.05) is 25.1 Å². The maximum atomic E-state index is 12.1. The third-order valence-corrected chi connectivity index (χ3v) is 3.55. The highest BCUT2D eigenvalue weighted by Gasteiger charge is 2.18. The van der Waals surface area contributed by atoms with Crippen LogP contribution in [-0.4, -0.2) is 55.6 Å². The van der Waals surface area contributed by atoms with Crippen molar-refractivity contribution in [3.63, 3.8) is 0 Å². The van der Waals surface area contributed by atoms with Crippen molar-refractivity contribution in [3.8, 4) is 0 Å². The van der Waals surface area contributed by atoms with Crippen LogP contribution in [0.5, 0.6) is 0 Å². The first kappa shape index (κ1) is 14.7. The predicted octanol–water partition coefficient (Wildman–Crippen LogP) is 0.509. The summed E-state index contributed by atoms with van der Waals surface area (Å²) in [5, 5.41) is 2.93. The molecule has 1 saturated heterocycles. The number of anilines is 2. The lowest BCUT2D eigenvalue weighted by Crippen LogP contribution is -2.43. The molecule has 0 radical (unpaired) electrons. The summed E-state index contributed by atoms with van der Waals surface area (Å²) in [6.45, 7) is 2.19. The Bertz CT molecular complexity index is 455. The lowest BCUT2D eigenvalue weighted by molar-refractivity contribution is -0.117. The summed E-state index contributed by atoms with van der Waals surface area (Å²) in [5.41, 5.74) is 7.56. The van der Waals surface area contributed by atoms with E-state index in [1.54, 1.807) is 12.4 Å². The average molecular weight is 277 g/mol. The number of carbonyl (C=O) groups is 1. The number of likely N-dealkylation sites (tertiary alicyclic amines) is 1. The smallest absolute Gasteiger partial charge is 0.238 e. The second kappa shape index (κ2) is 6.67. The van der Waals surface area contributed by atoms with Gasteiger partial charge >= 0.3 is 0 Å². The molecule has 1 aromatic heterocycles. The molecule has 110 valence electrons. The Labute approximate surface area is 120 Å². The minimum Gasteiger partial charge on any atom is -0.376 e. The van der Waals surface area contributed by atoms with Crippen LogP contribution in [0.1, 0.15) is 12.8 Å². The van der Waals surface area contributed by atoms with Crippen LogP contribution < -0.4 is 16.0 Å². The fraction of sp³-hybridized carbons (Fsp3) is 0.571. The van der Waals surface area contributed by atoms with E-state index in [9.17, 15) is 4.79 Å². The minimum absolute atomic E-state index is 0.00317. The fourth-order valence-corrected chi connectivity index (χ4v) is 2.38. The van der Waals surface area contributed by atoms with Crippen LogP contribution in [0.4, 0.5) is 11.4 Å². The molecule has 0 bridgehead atoms. The van der Waals surface area contributed by atoms with E-state index < -0.39 is 0 Å². The number of amides is 1. The Morgan fingerprint density at radius 3 is 2.85 bits per heavy atom. The topological polar surface area (TPSA) is 74.5 Å². The van der Waals surface area contributed by atoms with Gasteiger partial charge < -0.3 is 16.0 Å². The molecule has 0 aromatic carbocycles. The first-order valence-corrected chi connectivity index (χ1v) is 6.95. The standard InChI is InChI=1S/C14H23N5O/c1-18(2)13-3-6-16-9-12(13)17-14(20)10-19-7-4-11(15)5-8-19/h3,6,9,11H,4-5,7-8,10,15H2,1-2H3,(H,17,20). The molecular weight excluding hydrogens is 254 g/mol. The summed E-state index contributed by atoms with van der Waals surface area (Å²) in [7, 11) is 3.88. The van der Waals surface area contributed by atoms with E-state index in [0.29, 0.717) is 6.54 Å². The Balaban J connectivity index is 1.91. The van der Waals surface area contributed by atoms with Crippen LogP contribution in [0.15, 0.2) is 18.5 Å². The largest absolute Gasteiger partial charge is 0.376 e. The van der Waals surface area contributed by atoms with Gasteiger partial charge in [0.15, 0.2) is 0 Å². The van der Waals surface area contributed by atoms with Crippen molar-refractivity contribution in [2.24, 2.45) is 5.73 Å². The Kier molecular flexibility index (Phi) is 4.92. The molecule has 1 amide bonds. The Hall–Kier alpha value is -1.66. The molecule has 0 unspecified atom stereocenters. The quantitative estimate of drug-likeness (QED) is 0.839. The third kappa shape index (κ3) is 3.91. The number of nitrogens with two attached hydrogens (primary N) is 1. The molecular formula is C14H23N5O. The van der Waals surface area contributed by atoms with Gasteiger partial charge in [-0.3, -0.25) is 14.7 Å². The van der Waals surface area contributed by atoms with Gasteiger partial charge in [-0.15, -0.1) is 0 Å². The zero-order chi connectivity index (χ0) is 14.5. The van der Waals surface area contributed by atoms with Gasteiger partial charge in [-0.05, 0) is 18.9 Å². The summed E-state index contributed by atoms with van der Waals surface area (Å²) in [6.07, 6.45) is 5.32. The Morgan fingerprint density at radius 1 is 1.50 bits per heavy atom. The highest BCUT2D eigenvalue weighted by molar-refractivity contribution is 5.95. The number of rotatable bonds is 4. The number of hydrogen-bond acceptors (Lipinski definition) is 5. The van der Waals surface area contributed by atoms with Crippen molar-refractivity contribution in [1.82, 2.24) is 9.88 Å². The van der Waals surface area contributed by atoms with Crippen molar-refractivity contribution >= 4 is 17.3 Å². The van der Waals surface area contributed by atoms with Crippen LogP contribution >= 0.6 is 0 Å². The van der Waals surface area contributed by atoms with Crippen LogP contribution in [0.2, 0.25) is 0 Å². The summed E-state index contributed by atoms with van der Waals surface area (Å²) in [6, 6.07) is 2.17. The second-order valence-electron chi connectivity index (χ2n) is 5.45. The molecule has 20 heavy (non-hydrogen) atoms. The highest BCUT2D eigenvalue weighted by atomic mass is 16.2. The van der Waals surface area contributed by atoms with Crippen LogP contribution in [-0.2, 0) is 4.79 Å². The van der Waals surface area contributed by atoms with Gasteiger partial charge in [0.2, 0.25) is 5.91 Å². The number of hydrogen-bond donors (Lipinski definition) is 2. The van der Waals surface area contributed by atoms with Crippen LogP contribution in [0.25, 0.3) is 0 Å². The van der Waals surface area contributed by atoms with Crippen molar-refractivity contribution in [2.75, 3.05) is 43.9 Å². The maximum Gasteiger partial charge on any atom is 0.238 e. The van der Waals surface area contributed by atoms with E-state index in [2.05, 4.69) is 15.2 Å². The van der Waals surface area contributed by atoms with Gasteiger partial charge in [-0.2, -0.15) is 0 Å². The van der Waals surface area contributed by atoms with Crippen molar-refractivity contribution in [3.05, 3.63) is 18.5 Å². The van der Waals surface area contributed by atoms with E-state index in [-0.39, 0.29) is 11.9 Å². The number of carbonyl (C=O) groups excluding carboxylic acids is 1. The normalized spacial score (nSPS) is 16.9. The number of nitrogens with zero attached hydrogens (tertiary/aromatic N) is 3. The van der Waals surface area contributed by atoms with Crippen LogP contribution in [0.3, 0.4) is 0 Å². The molecule has 1 aliphatic rings. The Morgan fingerprint density at radius 2 is 2.20 bits per heavy atom. The first-order valence-electron chi connectivity index (χ1n) is 6.95. The fourth-order valence-electron chi connectivity index (χ4n) is 2.38. The lowest BCUT2D eigenvalue weighted by atomic mass is 10.1. The molecule has 2 rings (SSSR count). The summed E-state index contributed by atoms with van der Waals surface area (Å²) < 4.78 is 0. The minimum atomic E-state index is -0.00317. The molecule has 3 N–H and O–H groups in total. The van der Waals surface area contributed by atoms with E-state index in [1.165, 1.54) is 0 Å². The molecule has 0 spiro atoms. The number of piperidine rings is 1. The molecule has 0 aliphatic carbocycles. The monoisotopic (exact) mass is 277 g/mol. The second-order valence-corrected chi connectivity index (χ2v) is 5.45. The van der Waals surface area contributed by atoms with Crippen molar-refractivity contribution in [1.29, 1.82) is 0 Å². The summed E-state index contributed by atoms with van der Waals surface area (Å²) >= 11 is 0. The van der Waals surface area contributed by atoms with Crippen LogP contribution in [0, 0.1) is 0 Å². The maximum absolute atomic E-state index is 12.1. The highest BCUT2D eigenvalue weighted by Crippen LogP contribution is 2.22.